The number of Topliss-reactive ketones (excluding diaryl/α,β-unsaturated/α-hetero) is 1. The molecule has 1 atom stereocenters. The fourth-order valence-electron chi connectivity index (χ4n) is 2.56. The zero-order chi connectivity index (χ0) is 15.5. The van der Waals surface area contributed by atoms with Gasteiger partial charge in [0.25, 0.3) is 0 Å². The summed E-state index contributed by atoms with van der Waals surface area (Å²) in [6, 6.07) is 1.91. The van der Waals surface area contributed by atoms with E-state index in [4.69, 9.17) is 4.74 Å². The van der Waals surface area contributed by atoms with Crippen LogP contribution < -0.4 is 4.57 Å². The molecule has 0 spiro atoms. The molecule has 1 saturated heterocycles. The number of aromatic nitrogens is 1. The van der Waals surface area contributed by atoms with E-state index in [9.17, 15) is 9.59 Å². The molecule has 0 saturated carbocycles. The number of halogens is 2. The summed E-state index contributed by atoms with van der Waals surface area (Å²) in [6.07, 6.45) is 6.99. The van der Waals surface area contributed by atoms with Crippen molar-refractivity contribution in [1.82, 2.24) is 0 Å². The Morgan fingerprint density at radius 3 is 2.57 bits per heavy atom. The topological polar surface area (TPSA) is 47.2 Å². The summed E-state index contributed by atoms with van der Waals surface area (Å²) in [7, 11) is 0. The molecule has 1 aromatic rings. The first-order valence-corrected chi connectivity index (χ1v) is 8.64. The number of pyridine rings is 1. The van der Waals surface area contributed by atoms with Crippen LogP contribution in [0.1, 0.15) is 39.0 Å². The van der Waals surface area contributed by atoms with Gasteiger partial charge in [0.15, 0.2) is 18.0 Å². The Kier molecular flexibility index (Phi) is 5.54. The molecule has 1 fully saturated rings. The van der Waals surface area contributed by atoms with Gasteiger partial charge in [-0.25, -0.2) is 0 Å². The fraction of sp³-hybridized carbons (Fsp3) is 0.533. The third-order valence-electron chi connectivity index (χ3n) is 3.66. The van der Waals surface area contributed by atoms with Crippen molar-refractivity contribution in [2.45, 2.75) is 51.2 Å². The van der Waals surface area contributed by atoms with Crippen molar-refractivity contribution in [2.75, 3.05) is 0 Å². The number of unbranched alkanes of at least 4 members (excludes halogenated alkanes) is 1. The maximum Gasteiger partial charge on any atom is 0.306 e. The van der Waals surface area contributed by atoms with Crippen molar-refractivity contribution in [2.24, 2.45) is 0 Å². The van der Waals surface area contributed by atoms with Gasteiger partial charge in [-0.3, -0.25) is 9.59 Å². The van der Waals surface area contributed by atoms with E-state index in [1.54, 1.807) is 4.57 Å². The first kappa shape index (κ1) is 16.6. The first-order valence-electron chi connectivity index (χ1n) is 7.05. The second kappa shape index (κ2) is 7.01. The Balaban J connectivity index is 2.16. The second-order valence-corrected chi connectivity index (χ2v) is 7.17. The number of hydrogen-bond donors (Lipinski definition) is 0. The standard InChI is InChI=1S/C15H18Br2NO3/c1-2-3-5-15(6-4-14(20)21-15)13(19)10-18-8-11(16)7-12(17)9-18/h7-9H,2-6,10H2,1H3/q+1. The average molecular weight is 420 g/mol. The molecule has 4 nitrogen and oxygen atoms in total. The van der Waals surface area contributed by atoms with E-state index < -0.39 is 5.60 Å². The SMILES string of the molecule is CCCCC1(C(=O)C[n+]2cc(Br)cc(Br)c2)CCC(=O)O1. The molecule has 0 aromatic carbocycles. The lowest BCUT2D eigenvalue weighted by molar-refractivity contribution is -0.686. The largest absolute Gasteiger partial charge is 0.451 e. The van der Waals surface area contributed by atoms with Crippen LogP contribution in [0, 0.1) is 0 Å². The summed E-state index contributed by atoms with van der Waals surface area (Å²) in [5, 5.41) is 0. The Bertz CT molecular complexity index is 542. The van der Waals surface area contributed by atoms with Crippen molar-refractivity contribution < 1.29 is 18.9 Å². The third kappa shape index (κ3) is 4.13. The zero-order valence-corrected chi connectivity index (χ0v) is 15.1. The van der Waals surface area contributed by atoms with Gasteiger partial charge < -0.3 is 4.74 Å². The molecule has 1 aliphatic heterocycles. The maximum atomic E-state index is 12.7. The molecule has 2 heterocycles. The van der Waals surface area contributed by atoms with Gasteiger partial charge in [-0.15, -0.1) is 0 Å². The molecule has 0 N–H and O–H groups in total. The normalized spacial score (nSPS) is 21.4. The van der Waals surface area contributed by atoms with E-state index in [0.29, 0.717) is 19.3 Å². The highest BCUT2D eigenvalue weighted by Crippen LogP contribution is 2.33. The van der Waals surface area contributed by atoms with Crippen molar-refractivity contribution >= 4 is 43.6 Å². The fourth-order valence-corrected chi connectivity index (χ4v) is 3.89. The van der Waals surface area contributed by atoms with Crippen LogP contribution in [0.25, 0.3) is 0 Å². The minimum Gasteiger partial charge on any atom is -0.451 e. The lowest BCUT2D eigenvalue weighted by atomic mass is 9.89. The molecule has 0 aliphatic carbocycles. The highest BCUT2D eigenvalue weighted by Gasteiger charge is 2.47. The summed E-state index contributed by atoms with van der Waals surface area (Å²) in [4.78, 5) is 24.2. The highest BCUT2D eigenvalue weighted by atomic mass is 79.9. The number of nitrogens with zero attached hydrogens (tertiary/aromatic N) is 1. The number of cyclic esters (lactones) is 1. The van der Waals surface area contributed by atoms with E-state index in [1.165, 1.54) is 0 Å². The van der Waals surface area contributed by atoms with Gasteiger partial charge in [0.1, 0.15) is 0 Å². The molecule has 0 amide bonds. The molecule has 0 radical (unpaired) electrons. The highest BCUT2D eigenvalue weighted by molar-refractivity contribution is 9.11. The van der Waals surface area contributed by atoms with Crippen LogP contribution in [0.5, 0.6) is 0 Å². The minimum absolute atomic E-state index is 0.0307. The molecule has 21 heavy (non-hydrogen) atoms. The van der Waals surface area contributed by atoms with Crippen LogP contribution in [0.4, 0.5) is 0 Å². The predicted octanol–water partition coefficient (Wildman–Crippen LogP) is 3.33. The van der Waals surface area contributed by atoms with Gasteiger partial charge >= 0.3 is 5.97 Å². The Morgan fingerprint density at radius 2 is 2.05 bits per heavy atom. The van der Waals surface area contributed by atoms with Gasteiger partial charge in [-0.1, -0.05) is 13.3 Å². The van der Waals surface area contributed by atoms with E-state index in [-0.39, 0.29) is 18.3 Å². The van der Waals surface area contributed by atoms with Crippen molar-refractivity contribution in [3.8, 4) is 0 Å². The van der Waals surface area contributed by atoms with E-state index in [0.717, 1.165) is 21.8 Å². The number of carbonyl (C=O) groups excluding carboxylic acids is 2. The Morgan fingerprint density at radius 1 is 1.38 bits per heavy atom. The number of rotatable bonds is 6. The van der Waals surface area contributed by atoms with Crippen molar-refractivity contribution in [3.63, 3.8) is 0 Å². The lowest BCUT2D eigenvalue weighted by Crippen LogP contribution is -2.48. The molecule has 1 aromatic heterocycles. The molecule has 2 rings (SSSR count). The summed E-state index contributed by atoms with van der Waals surface area (Å²) >= 11 is 6.81. The van der Waals surface area contributed by atoms with Gasteiger partial charge in [-0.05, 0) is 50.8 Å². The van der Waals surface area contributed by atoms with Gasteiger partial charge in [0.2, 0.25) is 12.3 Å². The van der Waals surface area contributed by atoms with Crippen LogP contribution in [0.15, 0.2) is 27.4 Å². The predicted molar refractivity (Wildman–Crippen MR) is 84.6 cm³/mol. The van der Waals surface area contributed by atoms with Crippen molar-refractivity contribution in [1.29, 1.82) is 0 Å². The van der Waals surface area contributed by atoms with E-state index >= 15 is 0 Å². The molecular weight excluding hydrogens is 402 g/mol. The molecule has 6 heteroatoms. The maximum absolute atomic E-state index is 12.7. The number of carbonyl (C=O) groups is 2. The zero-order valence-electron chi connectivity index (χ0n) is 11.9. The third-order valence-corrected chi connectivity index (χ3v) is 4.53. The molecule has 114 valence electrons. The van der Waals surface area contributed by atoms with Crippen LogP contribution in [-0.2, 0) is 20.9 Å². The Labute approximate surface area is 141 Å². The van der Waals surface area contributed by atoms with Gasteiger partial charge in [0, 0.05) is 12.8 Å². The number of ketones is 1. The number of hydrogen-bond acceptors (Lipinski definition) is 3. The summed E-state index contributed by atoms with van der Waals surface area (Å²) in [5.74, 6) is -0.295. The summed E-state index contributed by atoms with van der Waals surface area (Å²) < 4.78 is 8.99. The number of esters is 1. The molecule has 1 unspecified atom stereocenters. The quantitative estimate of drug-likeness (QED) is 0.524. The molecule has 1 aliphatic rings. The second-order valence-electron chi connectivity index (χ2n) is 5.34. The Hall–Kier alpha value is -0.750. The lowest BCUT2D eigenvalue weighted by Gasteiger charge is -2.24. The monoisotopic (exact) mass is 418 g/mol. The van der Waals surface area contributed by atoms with Crippen molar-refractivity contribution in [3.05, 3.63) is 27.4 Å². The van der Waals surface area contributed by atoms with Crippen LogP contribution in [0.3, 0.4) is 0 Å². The summed E-state index contributed by atoms with van der Waals surface area (Å²) in [6.45, 7) is 2.27. The first-order chi connectivity index (χ1) is 9.95. The number of ether oxygens (including phenoxy) is 1. The summed E-state index contributed by atoms with van der Waals surface area (Å²) in [5.41, 5.74) is -0.922. The van der Waals surface area contributed by atoms with Gasteiger partial charge in [-0.2, -0.15) is 4.57 Å². The smallest absolute Gasteiger partial charge is 0.306 e. The van der Waals surface area contributed by atoms with E-state index in [2.05, 4.69) is 38.8 Å². The van der Waals surface area contributed by atoms with Crippen LogP contribution in [-0.4, -0.2) is 17.4 Å². The molecular formula is C15H18Br2NO3+. The molecule has 0 bridgehead atoms. The van der Waals surface area contributed by atoms with Crippen LogP contribution in [0.2, 0.25) is 0 Å². The van der Waals surface area contributed by atoms with Crippen LogP contribution >= 0.6 is 31.9 Å². The minimum atomic E-state index is -0.922. The van der Waals surface area contributed by atoms with Gasteiger partial charge in [0.05, 0.1) is 8.95 Å². The van der Waals surface area contributed by atoms with E-state index in [1.807, 2.05) is 18.5 Å². The average Bonchev–Trinajstić information content (AvgIpc) is 2.78.